The second kappa shape index (κ2) is 5.23. The first-order valence-corrected chi connectivity index (χ1v) is 5.16. The lowest BCUT2D eigenvalue weighted by molar-refractivity contribution is -0.110. The first-order valence-electron chi connectivity index (χ1n) is 4.35. The van der Waals surface area contributed by atoms with E-state index in [1.165, 1.54) is 18.4 Å². The van der Waals surface area contributed by atoms with Crippen LogP contribution in [0.3, 0.4) is 0 Å². The van der Waals surface area contributed by atoms with Crippen LogP contribution in [0.2, 0.25) is 0 Å². The molecular weight excluding hydrogens is 228 g/mol. The molecule has 6 nitrogen and oxygen atoms in total. The quantitative estimate of drug-likeness (QED) is 0.633. The number of carbonyl (C=O) groups excluding carboxylic acids is 1. The monoisotopic (exact) mass is 238 g/mol. The predicted molar refractivity (Wildman–Crippen MR) is 60.3 cm³/mol. The number of nitrogens with zero attached hydrogens (tertiary/aromatic N) is 3. The molecule has 1 rings (SSSR count). The van der Waals surface area contributed by atoms with Crippen molar-refractivity contribution in [2.45, 2.75) is 13.8 Å². The average Bonchev–Trinajstić information content (AvgIpc) is 2.54. The summed E-state index contributed by atoms with van der Waals surface area (Å²) in [4.78, 5) is 21.0. The normalized spacial score (nSPS) is 10.8. The number of rotatable bonds is 3. The molecule has 1 heterocycles. The first kappa shape index (κ1) is 12.1. The minimum Gasteiger partial charge on any atom is -0.398 e. The van der Waals surface area contributed by atoms with Crippen molar-refractivity contribution in [3.05, 3.63) is 10.6 Å². The fourth-order valence-corrected chi connectivity index (χ4v) is 1.70. The molecule has 1 amide bonds. The van der Waals surface area contributed by atoms with E-state index in [4.69, 9.17) is 5.26 Å². The third-order valence-corrected chi connectivity index (χ3v) is 2.74. The number of hydrogen-bond donors (Lipinski definition) is 1. The number of carbonyl (C=O) groups is 1. The lowest BCUT2D eigenvalue weighted by Crippen LogP contribution is -2.21. The number of aryl methyl sites for hydroxylation is 2. The molecule has 0 saturated heterocycles. The fraction of sp³-hybridized carbons (Fsp3) is 0.333. The molecule has 84 valence electrons. The van der Waals surface area contributed by atoms with Gasteiger partial charge in [-0.15, -0.1) is 11.3 Å². The van der Waals surface area contributed by atoms with Crippen LogP contribution < -0.4 is 5.32 Å². The van der Waals surface area contributed by atoms with E-state index in [1.807, 2.05) is 13.8 Å². The molecule has 0 bridgehead atoms. The van der Waals surface area contributed by atoms with Gasteiger partial charge in [0.15, 0.2) is 5.13 Å². The minimum atomic E-state index is -0.627. The van der Waals surface area contributed by atoms with Crippen molar-refractivity contribution >= 4 is 28.1 Å². The Hall–Kier alpha value is -1.94. The predicted octanol–water partition coefficient (Wildman–Crippen LogP) is 1.22. The molecule has 0 fully saturated rings. The molecule has 1 N–H and O–H groups in total. The second-order valence-electron chi connectivity index (χ2n) is 2.85. The number of amides is 1. The van der Waals surface area contributed by atoms with E-state index < -0.39 is 5.91 Å². The van der Waals surface area contributed by atoms with Crippen LogP contribution in [0.15, 0.2) is 5.16 Å². The minimum absolute atomic E-state index is 0.340. The summed E-state index contributed by atoms with van der Waals surface area (Å²) in [5.41, 5.74) is 0.510. The molecule has 0 unspecified atom stereocenters. The zero-order chi connectivity index (χ0) is 12.1. The van der Waals surface area contributed by atoms with Gasteiger partial charge in [0.1, 0.15) is 13.2 Å². The summed E-state index contributed by atoms with van der Waals surface area (Å²) in [6.45, 7) is 3.74. The van der Waals surface area contributed by atoms with Crippen molar-refractivity contribution in [3.8, 4) is 6.07 Å². The molecule has 1 aromatic rings. The molecular formula is C9H10N4O2S. The maximum absolute atomic E-state index is 11.5. The highest BCUT2D eigenvalue weighted by atomic mass is 32.1. The maximum Gasteiger partial charge on any atom is 0.290 e. The maximum atomic E-state index is 11.5. The Balaban J connectivity index is 2.79. The van der Waals surface area contributed by atoms with E-state index in [2.05, 4.69) is 20.3 Å². The summed E-state index contributed by atoms with van der Waals surface area (Å²) >= 11 is 1.34. The van der Waals surface area contributed by atoms with E-state index in [-0.39, 0.29) is 5.71 Å². The highest BCUT2D eigenvalue weighted by molar-refractivity contribution is 7.15. The Bertz CT molecular complexity index is 453. The van der Waals surface area contributed by atoms with Crippen LogP contribution >= 0.6 is 11.3 Å². The topological polar surface area (TPSA) is 87.4 Å². The van der Waals surface area contributed by atoms with Gasteiger partial charge in [-0.25, -0.2) is 4.98 Å². The average molecular weight is 238 g/mol. The fourth-order valence-electron chi connectivity index (χ4n) is 0.886. The molecule has 1 aromatic heterocycles. The van der Waals surface area contributed by atoms with E-state index in [9.17, 15) is 4.79 Å². The van der Waals surface area contributed by atoms with Crippen molar-refractivity contribution < 1.29 is 9.63 Å². The lowest BCUT2D eigenvalue weighted by Gasteiger charge is -1.97. The summed E-state index contributed by atoms with van der Waals surface area (Å²) in [6.07, 6.45) is 0. The van der Waals surface area contributed by atoms with Crippen LogP contribution in [0, 0.1) is 25.2 Å². The van der Waals surface area contributed by atoms with Gasteiger partial charge in [0, 0.05) is 4.88 Å². The Morgan fingerprint density at radius 1 is 1.62 bits per heavy atom. The van der Waals surface area contributed by atoms with Gasteiger partial charge in [0.25, 0.3) is 5.91 Å². The van der Waals surface area contributed by atoms with Crippen molar-refractivity contribution in [1.29, 1.82) is 5.26 Å². The van der Waals surface area contributed by atoms with Gasteiger partial charge in [0.05, 0.1) is 5.69 Å². The van der Waals surface area contributed by atoms with Crippen molar-refractivity contribution in [2.75, 3.05) is 12.4 Å². The van der Waals surface area contributed by atoms with Gasteiger partial charge in [-0.3, -0.25) is 10.1 Å². The summed E-state index contributed by atoms with van der Waals surface area (Å²) in [6, 6.07) is 1.63. The lowest BCUT2D eigenvalue weighted by atomic mass is 10.4. The molecule has 0 spiro atoms. The zero-order valence-electron chi connectivity index (χ0n) is 9.07. The standard InChI is InChI=1S/C9H10N4O2S/c1-5-6(2)16-9(11-5)12-8(14)7(4-10)13-15-3/h1-3H3,(H,11,12,14). The van der Waals surface area contributed by atoms with E-state index in [0.717, 1.165) is 10.6 Å². The highest BCUT2D eigenvalue weighted by Gasteiger charge is 2.14. The number of oxime groups is 1. The van der Waals surface area contributed by atoms with Crippen molar-refractivity contribution in [2.24, 2.45) is 5.16 Å². The van der Waals surface area contributed by atoms with E-state index in [0.29, 0.717) is 5.13 Å². The zero-order valence-corrected chi connectivity index (χ0v) is 9.88. The van der Waals surface area contributed by atoms with E-state index >= 15 is 0 Å². The SMILES string of the molecule is CON=C(C#N)C(=O)Nc1nc(C)c(C)s1. The van der Waals surface area contributed by atoms with E-state index in [1.54, 1.807) is 6.07 Å². The number of thiazole rings is 1. The number of nitrogens with one attached hydrogen (secondary N) is 1. The molecule has 7 heteroatoms. The molecule has 0 radical (unpaired) electrons. The molecule has 0 saturated carbocycles. The number of anilines is 1. The Labute approximate surface area is 96.5 Å². The molecule has 16 heavy (non-hydrogen) atoms. The third kappa shape index (κ3) is 2.77. The van der Waals surface area contributed by atoms with Crippen LogP contribution in [-0.4, -0.2) is 23.7 Å². The Morgan fingerprint density at radius 3 is 2.75 bits per heavy atom. The summed E-state index contributed by atoms with van der Waals surface area (Å²) in [7, 11) is 1.27. The second-order valence-corrected chi connectivity index (χ2v) is 4.05. The molecule has 0 aromatic carbocycles. The molecule has 0 aliphatic carbocycles. The van der Waals surface area contributed by atoms with Crippen molar-refractivity contribution in [1.82, 2.24) is 4.98 Å². The van der Waals surface area contributed by atoms with Crippen molar-refractivity contribution in [3.63, 3.8) is 0 Å². The van der Waals surface area contributed by atoms with Gasteiger partial charge in [-0.2, -0.15) is 5.26 Å². The van der Waals surface area contributed by atoms with Crippen LogP contribution in [-0.2, 0) is 9.63 Å². The number of aromatic nitrogens is 1. The number of hydrogen-bond acceptors (Lipinski definition) is 6. The molecule has 0 aliphatic heterocycles. The molecule has 0 aliphatic rings. The molecule has 0 atom stereocenters. The highest BCUT2D eigenvalue weighted by Crippen LogP contribution is 2.20. The van der Waals surface area contributed by atoms with Gasteiger partial charge < -0.3 is 4.84 Å². The summed E-state index contributed by atoms with van der Waals surface area (Å²) in [5.74, 6) is -0.627. The van der Waals surface area contributed by atoms with Crippen LogP contribution in [0.5, 0.6) is 0 Å². The van der Waals surface area contributed by atoms with Crippen LogP contribution in [0.4, 0.5) is 5.13 Å². The Kier molecular flexibility index (Phi) is 3.96. The largest absolute Gasteiger partial charge is 0.398 e. The summed E-state index contributed by atoms with van der Waals surface area (Å²) < 4.78 is 0. The Morgan fingerprint density at radius 2 is 2.31 bits per heavy atom. The van der Waals surface area contributed by atoms with Crippen LogP contribution in [0.1, 0.15) is 10.6 Å². The van der Waals surface area contributed by atoms with Gasteiger partial charge in [-0.1, -0.05) is 5.16 Å². The van der Waals surface area contributed by atoms with Crippen LogP contribution in [0.25, 0.3) is 0 Å². The smallest absolute Gasteiger partial charge is 0.290 e. The first-order chi connectivity index (χ1) is 7.58. The summed E-state index contributed by atoms with van der Waals surface area (Å²) in [5, 5.41) is 14.8. The number of nitriles is 1. The van der Waals surface area contributed by atoms with Gasteiger partial charge in [-0.05, 0) is 13.8 Å². The van der Waals surface area contributed by atoms with Gasteiger partial charge >= 0.3 is 0 Å². The third-order valence-electron chi connectivity index (χ3n) is 1.75. The van der Waals surface area contributed by atoms with Gasteiger partial charge in [0.2, 0.25) is 5.71 Å².